The number of hydrogen-bond donors (Lipinski definition) is 5. The Morgan fingerprint density at radius 2 is 1.83 bits per heavy atom. The van der Waals surface area contributed by atoms with E-state index in [1.165, 1.54) is 0 Å². The van der Waals surface area contributed by atoms with Crippen molar-refractivity contribution in [3.8, 4) is 0 Å². The van der Waals surface area contributed by atoms with E-state index < -0.39 is 38.3 Å². The molecular formula is C9H17O8P. The van der Waals surface area contributed by atoms with Crippen LogP contribution in [0.5, 0.6) is 0 Å². The summed E-state index contributed by atoms with van der Waals surface area (Å²) in [6.07, 6.45) is -5.86. The van der Waals surface area contributed by atoms with Crippen LogP contribution >= 0.6 is 7.60 Å². The molecule has 5 N–H and O–H groups in total. The second kappa shape index (κ2) is 6.23. The number of aliphatic hydroxyl groups is 3. The minimum Gasteiger partial charge on any atom is -0.387 e. The zero-order valence-electron chi connectivity index (χ0n) is 9.66. The van der Waals surface area contributed by atoms with Crippen molar-refractivity contribution in [1.82, 2.24) is 0 Å². The molecule has 0 unspecified atom stereocenters. The van der Waals surface area contributed by atoms with Gasteiger partial charge in [0.05, 0.1) is 0 Å². The molecule has 1 aliphatic heterocycles. The van der Waals surface area contributed by atoms with E-state index in [0.29, 0.717) is 5.82 Å². The number of rotatable bonds is 4. The smallest absolute Gasteiger partial charge is 0.348 e. The van der Waals surface area contributed by atoms with Crippen molar-refractivity contribution in [3.05, 3.63) is 11.9 Å². The maximum Gasteiger partial charge on any atom is 0.348 e. The topological polar surface area (TPSA) is 137 Å². The third kappa shape index (κ3) is 4.11. The third-order valence-corrected chi connectivity index (χ3v) is 2.97. The Morgan fingerprint density at radius 1 is 1.22 bits per heavy atom. The SMILES string of the molecule is CCO[C@H]1O[C@H](C=CP(=O)(O)O)[C@@H](O)[C@H](O)[C@@H]1O. The Kier molecular flexibility index (Phi) is 5.45. The summed E-state index contributed by atoms with van der Waals surface area (Å²) in [6, 6.07) is 0. The molecular weight excluding hydrogens is 267 g/mol. The molecule has 1 rings (SSSR count). The van der Waals surface area contributed by atoms with Gasteiger partial charge in [-0.25, -0.2) is 0 Å². The van der Waals surface area contributed by atoms with E-state index in [1.54, 1.807) is 6.92 Å². The predicted molar refractivity (Wildman–Crippen MR) is 59.5 cm³/mol. The van der Waals surface area contributed by atoms with Gasteiger partial charge in [0.25, 0.3) is 0 Å². The molecule has 0 aromatic rings. The highest BCUT2D eigenvalue weighted by Crippen LogP contribution is 2.37. The summed E-state index contributed by atoms with van der Waals surface area (Å²) in [7, 11) is -4.39. The monoisotopic (exact) mass is 284 g/mol. The van der Waals surface area contributed by atoms with Gasteiger partial charge in [-0.05, 0) is 13.0 Å². The predicted octanol–water partition coefficient (Wildman–Crippen LogP) is -1.48. The van der Waals surface area contributed by atoms with Crippen LogP contribution in [0, 0.1) is 0 Å². The van der Waals surface area contributed by atoms with Crippen LogP contribution in [0.3, 0.4) is 0 Å². The van der Waals surface area contributed by atoms with Crippen molar-refractivity contribution in [2.45, 2.75) is 37.6 Å². The van der Waals surface area contributed by atoms with Crippen LogP contribution in [0.1, 0.15) is 6.92 Å². The van der Waals surface area contributed by atoms with Crippen molar-refractivity contribution < 1.29 is 39.1 Å². The molecule has 0 aromatic carbocycles. The maximum atomic E-state index is 10.7. The van der Waals surface area contributed by atoms with Gasteiger partial charge in [-0.1, -0.05) is 0 Å². The van der Waals surface area contributed by atoms with E-state index in [9.17, 15) is 19.9 Å². The van der Waals surface area contributed by atoms with Crippen molar-refractivity contribution in [1.29, 1.82) is 0 Å². The molecule has 0 aromatic heterocycles. The van der Waals surface area contributed by atoms with Crippen LogP contribution in [0.4, 0.5) is 0 Å². The van der Waals surface area contributed by atoms with Crippen LogP contribution < -0.4 is 0 Å². The normalized spacial score (nSPS) is 38.2. The fourth-order valence-corrected chi connectivity index (χ4v) is 1.93. The zero-order chi connectivity index (χ0) is 13.9. The van der Waals surface area contributed by atoms with Gasteiger partial charge in [-0.3, -0.25) is 4.57 Å². The van der Waals surface area contributed by atoms with E-state index in [1.807, 2.05) is 0 Å². The van der Waals surface area contributed by atoms with Crippen LogP contribution in [-0.4, -0.2) is 62.4 Å². The minimum absolute atomic E-state index is 0.208. The summed E-state index contributed by atoms with van der Waals surface area (Å²) in [4.78, 5) is 17.3. The fourth-order valence-electron chi connectivity index (χ4n) is 1.53. The van der Waals surface area contributed by atoms with Gasteiger partial charge in [0, 0.05) is 12.4 Å². The maximum absolute atomic E-state index is 10.7. The summed E-state index contributed by atoms with van der Waals surface area (Å²) in [6.45, 7) is 1.85. The molecule has 8 nitrogen and oxygen atoms in total. The van der Waals surface area contributed by atoms with E-state index >= 15 is 0 Å². The molecule has 0 spiro atoms. The summed E-state index contributed by atoms with van der Waals surface area (Å²) in [5, 5.41) is 28.7. The second-order valence-electron chi connectivity index (χ2n) is 3.83. The summed E-state index contributed by atoms with van der Waals surface area (Å²) < 4.78 is 20.8. The molecule has 1 heterocycles. The molecule has 0 radical (unpaired) electrons. The molecule has 18 heavy (non-hydrogen) atoms. The number of ether oxygens (including phenoxy) is 2. The van der Waals surface area contributed by atoms with Crippen molar-refractivity contribution in [2.24, 2.45) is 0 Å². The lowest BCUT2D eigenvalue weighted by Gasteiger charge is -2.39. The highest BCUT2D eigenvalue weighted by Gasteiger charge is 2.43. The van der Waals surface area contributed by atoms with Gasteiger partial charge in [0.2, 0.25) is 0 Å². The summed E-state index contributed by atoms with van der Waals surface area (Å²) in [5.41, 5.74) is 0. The minimum atomic E-state index is -4.39. The van der Waals surface area contributed by atoms with Crippen LogP contribution in [0.25, 0.3) is 0 Å². The lowest BCUT2D eigenvalue weighted by molar-refractivity contribution is -0.286. The summed E-state index contributed by atoms with van der Waals surface area (Å²) in [5.74, 6) is 0.564. The van der Waals surface area contributed by atoms with Crippen LogP contribution in [0.2, 0.25) is 0 Å². The van der Waals surface area contributed by atoms with Gasteiger partial charge in [-0.2, -0.15) is 0 Å². The Morgan fingerprint density at radius 3 is 2.33 bits per heavy atom. The molecule has 1 saturated heterocycles. The molecule has 0 amide bonds. The first kappa shape index (κ1) is 15.7. The fraction of sp³-hybridized carbons (Fsp3) is 0.778. The average Bonchev–Trinajstić information content (AvgIpc) is 2.27. The molecule has 1 aliphatic rings. The average molecular weight is 284 g/mol. The highest BCUT2D eigenvalue weighted by molar-refractivity contribution is 7.55. The largest absolute Gasteiger partial charge is 0.387 e. The van der Waals surface area contributed by atoms with E-state index in [2.05, 4.69) is 0 Å². The van der Waals surface area contributed by atoms with E-state index in [-0.39, 0.29) is 6.61 Å². The quantitative estimate of drug-likeness (QED) is 0.394. The first-order valence-corrected chi connectivity index (χ1v) is 7.00. The van der Waals surface area contributed by atoms with Gasteiger partial charge >= 0.3 is 7.60 Å². The number of hydrogen-bond acceptors (Lipinski definition) is 6. The van der Waals surface area contributed by atoms with Crippen LogP contribution in [-0.2, 0) is 14.0 Å². The second-order valence-corrected chi connectivity index (χ2v) is 5.30. The first-order chi connectivity index (χ1) is 8.26. The Balaban J connectivity index is 2.79. The molecule has 0 saturated carbocycles. The van der Waals surface area contributed by atoms with E-state index in [0.717, 1.165) is 6.08 Å². The lowest BCUT2D eigenvalue weighted by Crippen LogP contribution is -2.57. The lowest BCUT2D eigenvalue weighted by atomic mass is 9.99. The Hall–Kier alpha value is -0.310. The van der Waals surface area contributed by atoms with Gasteiger partial charge in [0.1, 0.15) is 24.4 Å². The standard InChI is InChI=1S/C9H17O8P/c1-2-16-9-8(12)7(11)6(10)5(17-9)3-4-18(13,14)15/h3-12H,2H2,1H3,(H2,13,14,15)/t5-,6-,7+,8+,9+/m1/s1. The van der Waals surface area contributed by atoms with Crippen molar-refractivity contribution in [2.75, 3.05) is 6.61 Å². The molecule has 5 atom stereocenters. The Bertz CT molecular complexity index is 339. The Labute approximate surface area is 104 Å². The third-order valence-electron chi connectivity index (χ3n) is 2.41. The van der Waals surface area contributed by atoms with Crippen molar-refractivity contribution >= 4 is 7.60 Å². The zero-order valence-corrected chi connectivity index (χ0v) is 10.6. The van der Waals surface area contributed by atoms with Gasteiger partial charge in [-0.15, -0.1) is 0 Å². The molecule has 0 aliphatic carbocycles. The van der Waals surface area contributed by atoms with Gasteiger partial charge in [0.15, 0.2) is 6.29 Å². The number of aliphatic hydroxyl groups excluding tert-OH is 3. The first-order valence-electron chi connectivity index (χ1n) is 5.32. The van der Waals surface area contributed by atoms with Gasteiger partial charge < -0.3 is 34.6 Å². The molecule has 1 fully saturated rings. The molecule has 106 valence electrons. The van der Waals surface area contributed by atoms with Crippen LogP contribution in [0.15, 0.2) is 11.9 Å². The summed E-state index contributed by atoms with van der Waals surface area (Å²) >= 11 is 0. The molecule has 9 heteroatoms. The highest BCUT2D eigenvalue weighted by atomic mass is 31.2. The van der Waals surface area contributed by atoms with E-state index in [4.69, 9.17) is 19.3 Å². The van der Waals surface area contributed by atoms with Crippen molar-refractivity contribution in [3.63, 3.8) is 0 Å². The molecule has 0 bridgehead atoms.